The molecule has 0 atom stereocenters. The van der Waals surface area contributed by atoms with Crippen LogP contribution in [0.15, 0.2) is 23.2 Å². The molecule has 3 rings (SSSR count). The molecule has 5 nitrogen and oxygen atoms in total. The summed E-state index contributed by atoms with van der Waals surface area (Å²) in [5, 5.41) is 7.22. The Hall–Kier alpha value is -0.860. The molecule has 1 aromatic rings. The maximum atomic E-state index is 4.50. The van der Waals surface area contributed by atoms with Crippen LogP contribution >= 0.6 is 24.0 Å². The van der Waals surface area contributed by atoms with Gasteiger partial charge in [-0.15, -0.1) is 24.0 Å². The van der Waals surface area contributed by atoms with Crippen LogP contribution in [-0.4, -0.2) is 74.7 Å². The van der Waals surface area contributed by atoms with Crippen LogP contribution in [0.5, 0.6) is 0 Å². The highest BCUT2D eigenvalue weighted by atomic mass is 127. The van der Waals surface area contributed by atoms with Gasteiger partial charge in [0.15, 0.2) is 5.96 Å². The molecule has 2 fully saturated rings. The minimum atomic E-state index is 0. The SMILES string of the molecule is CN=C(NCCc1cc(C)cc(C)c1)NCC1(N2CCCCC2)CCN(C)CC1.I. The number of hydrogen-bond acceptors (Lipinski definition) is 3. The van der Waals surface area contributed by atoms with Gasteiger partial charge in [0.2, 0.25) is 0 Å². The van der Waals surface area contributed by atoms with E-state index in [0.29, 0.717) is 0 Å². The van der Waals surface area contributed by atoms with Crippen LogP contribution in [0.1, 0.15) is 48.8 Å². The van der Waals surface area contributed by atoms with E-state index in [1.165, 1.54) is 75.0 Å². The lowest BCUT2D eigenvalue weighted by Crippen LogP contribution is -2.62. The maximum Gasteiger partial charge on any atom is 0.191 e. The summed E-state index contributed by atoms with van der Waals surface area (Å²) >= 11 is 0. The minimum absolute atomic E-state index is 0. The summed E-state index contributed by atoms with van der Waals surface area (Å²) in [6, 6.07) is 6.81. The number of guanidine groups is 1. The lowest BCUT2D eigenvalue weighted by Gasteiger charge is -2.50. The Bertz CT molecular complexity index is 656. The Morgan fingerprint density at radius 1 is 0.967 bits per heavy atom. The van der Waals surface area contributed by atoms with Crippen LogP contribution < -0.4 is 10.6 Å². The van der Waals surface area contributed by atoms with Crippen molar-refractivity contribution >= 4 is 29.9 Å². The van der Waals surface area contributed by atoms with Gasteiger partial charge in [0.05, 0.1) is 0 Å². The molecule has 2 N–H and O–H groups in total. The molecule has 2 saturated heterocycles. The van der Waals surface area contributed by atoms with E-state index in [2.05, 4.69) is 64.5 Å². The first kappa shape index (κ1) is 25.4. The highest BCUT2D eigenvalue weighted by molar-refractivity contribution is 14.0. The topological polar surface area (TPSA) is 42.9 Å². The van der Waals surface area contributed by atoms with Crippen molar-refractivity contribution in [3.8, 4) is 0 Å². The van der Waals surface area contributed by atoms with Gasteiger partial charge < -0.3 is 15.5 Å². The van der Waals surface area contributed by atoms with E-state index >= 15 is 0 Å². The third-order valence-electron chi connectivity index (χ3n) is 6.74. The zero-order valence-corrected chi connectivity index (χ0v) is 21.8. The van der Waals surface area contributed by atoms with Crippen LogP contribution in [0.3, 0.4) is 0 Å². The van der Waals surface area contributed by atoms with Crippen molar-refractivity contribution < 1.29 is 0 Å². The molecule has 6 heteroatoms. The molecule has 0 radical (unpaired) electrons. The molecule has 0 bridgehead atoms. The van der Waals surface area contributed by atoms with Gasteiger partial charge in [0.25, 0.3) is 0 Å². The number of nitrogens with one attached hydrogen (secondary N) is 2. The van der Waals surface area contributed by atoms with Crippen LogP contribution in [0.2, 0.25) is 0 Å². The Morgan fingerprint density at radius 2 is 1.60 bits per heavy atom. The first-order chi connectivity index (χ1) is 14.0. The van der Waals surface area contributed by atoms with Crippen LogP contribution in [0, 0.1) is 13.8 Å². The first-order valence-electron chi connectivity index (χ1n) is 11.5. The standard InChI is InChI=1S/C24H41N5.HI/c1-20-16-21(2)18-22(17-20)8-11-26-23(25-3)27-19-24(9-14-28(4)15-10-24)29-12-6-5-7-13-29;/h16-18H,5-15,19H2,1-4H3,(H2,25,26,27);1H. The summed E-state index contributed by atoms with van der Waals surface area (Å²) in [5.74, 6) is 0.935. The van der Waals surface area contributed by atoms with Crippen molar-refractivity contribution in [1.29, 1.82) is 0 Å². The average molecular weight is 528 g/mol. The van der Waals surface area contributed by atoms with Crippen LogP contribution in [-0.2, 0) is 6.42 Å². The summed E-state index contributed by atoms with van der Waals surface area (Å²) < 4.78 is 0. The number of aliphatic imine (C=N–C) groups is 1. The number of benzene rings is 1. The molecule has 0 spiro atoms. The number of piperidine rings is 2. The van der Waals surface area contributed by atoms with E-state index < -0.39 is 0 Å². The zero-order valence-electron chi connectivity index (χ0n) is 19.5. The van der Waals surface area contributed by atoms with E-state index in [0.717, 1.165) is 25.5 Å². The molecular formula is C24H42IN5. The Balaban J connectivity index is 0.00000320. The fraction of sp³-hybridized carbons (Fsp3) is 0.708. The van der Waals surface area contributed by atoms with Gasteiger partial charge in [-0.05, 0) is 84.7 Å². The zero-order chi connectivity index (χ0) is 20.7. The molecule has 0 amide bonds. The molecule has 0 aromatic heterocycles. The van der Waals surface area contributed by atoms with Crippen molar-refractivity contribution in [2.24, 2.45) is 4.99 Å². The van der Waals surface area contributed by atoms with Crippen molar-refractivity contribution in [3.05, 3.63) is 34.9 Å². The van der Waals surface area contributed by atoms with E-state index in [1.54, 1.807) is 0 Å². The number of halogens is 1. The monoisotopic (exact) mass is 527 g/mol. The number of hydrogen-bond donors (Lipinski definition) is 2. The summed E-state index contributed by atoms with van der Waals surface area (Å²) in [5.41, 5.74) is 4.35. The second-order valence-corrected chi connectivity index (χ2v) is 9.17. The van der Waals surface area contributed by atoms with Crippen LogP contribution in [0.25, 0.3) is 0 Å². The minimum Gasteiger partial charge on any atom is -0.356 e. The van der Waals surface area contributed by atoms with Crippen molar-refractivity contribution in [3.63, 3.8) is 0 Å². The second kappa shape index (κ2) is 12.2. The molecule has 1 aromatic carbocycles. The predicted octanol–water partition coefficient (Wildman–Crippen LogP) is 3.58. The van der Waals surface area contributed by atoms with Gasteiger partial charge in [0, 0.05) is 25.7 Å². The molecule has 2 heterocycles. The highest BCUT2D eigenvalue weighted by Gasteiger charge is 2.39. The normalized spacial score (nSPS) is 20.5. The lowest BCUT2D eigenvalue weighted by atomic mass is 9.84. The van der Waals surface area contributed by atoms with Gasteiger partial charge in [0.1, 0.15) is 0 Å². The van der Waals surface area contributed by atoms with Gasteiger partial charge in [-0.25, -0.2) is 0 Å². The molecule has 2 aliphatic rings. The van der Waals surface area contributed by atoms with E-state index in [4.69, 9.17) is 0 Å². The molecular weight excluding hydrogens is 485 g/mol. The molecule has 170 valence electrons. The Labute approximate surface area is 201 Å². The molecule has 0 saturated carbocycles. The number of likely N-dealkylation sites (tertiary alicyclic amines) is 2. The molecule has 0 unspecified atom stereocenters. The third-order valence-corrected chi connectivity index (χ3v) is 6.74. The Kier molecular flexibility index (Phi) is 10.4. The predicted molar refractivity (Wildman–Crippen MR) is 139 cm³/mol. The van der Waals surface area contributed by atoms with Crippen LogP contribution in [0.4, 0.5) is 0 Å². The first-order valence-corrected chi connectivity index (χ1v) is 11.5. The number of rotatable bonds is 6. The molecule has 0 aliphatic carbocycles. The summed E-state index contributed by atoms with van der Waals surface area (Å²) in [7, 11) is 4.13. The molecule has 30 heavy (non-hydrogen) atoms. The van der Waals surface area contributed by atoms with Crippen molar-refractivity contribution in [2.75, 3.05) is 53.4 Å². The summed E-state index contributed by atoms with van der Waals surface area (Å²) in [6.07, 6.45) is 7.60. The molecule has 2 aliphatic heterocycles. The Morgan fingerprint density at radius 3 is 2.20 bits per heavy atom. The average Bonchev–Trinajstić information content (AvgIpc) is 2.72. The van der Waals surface area contributed by atoms with E-state index in [9.17, 15) is 0 Å². The van der Waals surface area contributed by atoms with E-state index in [1.807, 2.05) is 7.05 Å². The summed E-state index contributed by atoms with van der Waals surface area (Å²) in [6.45, 7) is 11.1. The van der Waals surface area contributed by atoms with Crippen molar-refractivity contribution in [1.82, 2.24) is 20.4 Å². The van der Waals surface area contributed by atoms with Crippen molar-refractivity contribution in [2.45, 2.75) is 57.9 Å². The van der Waals surface area contributed by atoms with Gasteiger partial charge in [-0.2, -0.15) is 0 Å². The second-order valence-electron chi connectivity index (χ2n) is 9.17. The highest BCUT2D eigenvalue weighted by Crippen LogP contribution is 2.30. The van der Waals surface area contributed by atoms with E-state index in [-0.39, 0.29) is 29.5 Å². The van der Waals surface area contributed by atoms with Gasteiger partial charge in [-0.3, -0.25) is 9.89 Å². The number of nitrogens with zero attached hydrogens (tertiary/aromatic N) is 3. The third kappa shape index (κ3) is 7.09. The quantitative estimate of drug-likeness (QED) is 0.337. The fourth-order valence-electron chi connectivity index (χ4n) is 5.02. The lowest BCUT2D eigenvalue weighted by molar-refractivity contribution is 0.0173. The van der Waals surface area contributed by atoms with Gasteiger partial charge in [-0.1, -0.05) is 35.7 Å². The largest absolute Gasteiger partial charge is 0.356 e. The fourth-order valence-corrected chi connectivity index (χ4v) is 5.02. The van der Waals surface area contributed by atoms with Gasteiger partial charge >= 0.3 is 0 Å². The summed E-state index contributed by atoms with van der Waals surface area (Å²) in [4.78, 5) is 9.74. The maximum absolute atomic E-state index is 4.50. The number of aryl methyl sites for hydroxylation is 2. The smallest absolute Gasteiger partial charge is 0.191 e.